The molecule has 0 aliphatic heterocycles. The van der Waals surface area contributed by atoms with E-state index in [1.165, 1.54) is 11.8 Å². The van der Waals surface area contributed by atoms with Crippen LogP contribution in [0.2, 0.25) is 0 Å². The Morgan fingerprint density at radius 3 is 2.46 bits per heavy atom. The molecule has 134 valence electrons. The third-order valence-electron chi connectivity index (χ3n) is 2.89. The first-order valence-electron chi connectivity index (χ1n) is 8.07. The van der Waals surface area contributed by atoms with Gasteiger partial charge in [0.25, 0.3) is 0 Å². The topological polar surface area (TPSA) is 64.6 Å². The van der Waals surface area contributed by atoms with Gasteiger partial charge in [-0.25, -0.2) is 4.79 Å². The first-order valence-corrected chi connectivity index (χ1v) is 9.22. The Labute approximate surface area is 148 Å². The van der Waals surface area contributed by atoms with Crippen molar-refractivity contribution in [3.05, 3.63) is 35.9 Å². The number of amides is 1. The minimum absolute atomic E-state index is 0.123. The van der Waals surface area contributed by atoms with Crippen LogP contribution in [0.5, 0.6) is 0 Å². The Kier molecular flexibility index (Phi) is 8.68. The SMILES string of the molecule is CCOC(=O)CSC[C@H](Cc1ccccc1)NC(=O)OC(C)(C)C. The number of benzene rings is 1. The van der Waals surface area contributed by atoms with Crippen LogP contribution in [0.15, 0.2) is 30.3 Å². The van der Waals surface area contributed by atoms with Crippen LogP contribution in [0.4, 0.5) is 4.79 Å². The summed E-state index contributed by atoms with van der Waals surface area (Å²) in [5.41, 5.74) is 0.578. The predicted octanol–water partition coefficient (Wildman–Crippen LogP) is 3.42. The van der Waals surface area contributed by atoms with Crippen molar-refractivity contribution in [2.45, 2.75) is 45.8 Å². The normalized spacial score (nSPS) is 12.3. The fourth-order valence-corrected chi connectivity index (χ4v) is 2.87. The maximum Gasteiger partial charge on any atom is 0.407 e. The number of ether oxygens (including phenoxy) is 2. The summed E-state index contributed by atoms with van der Waals surface area (Å²) in [5, 5.41) is 2.89. The Hall–Kier alpha value is -1.69. The summed E-state index contributed by atoms with van der Waals surface area (Å²) in [6, 6.07) is 9.79. The molecule has 0 spiro atoms. The van der Waals surface area contributed by atoms with Crippen molar-refractivity contribution >= 4 is 23.8 Å². The molecule has 0 aromatic heterocycles. The number of alkyl carbamates (subject to hydrolysis) is 1. The molecule has 0 saturated heterocycles. The fourth-order valence-electron chi connectivity index (χ4n) is 2.01. The highest BCUT2D eigenvalue weighted by molar-refractivity contribution is 7.99. The molecule has 1 aromatic rings. The fraction of sp³-hybridized carbons (Fsp3) is 0.556. The monoisotopic (exact) mass is 353 g/mol. The van der Waals surface area contributed by atoms with Gasteiger partial charge in [-0.15, -0.1) is 11.8 Å². The van der Waals surface area contributed by atoms with E-state index in [0.29, 0.717) is 18.8 Å². The molecule has 1 amide bonds. The first-order chi connectivity index (χ1) is 11.3. The Morgan fingerprint density at radius 2 is 1.88 bits per heavy atom. The minimum Gasteiger partial charge on any atom is -0.465 e. The average molecular weight is 353 g/mol. The minimum atomic E-state index is -0.542. The van der Waals surface area contributed by atoms with Crippen LogP contribution in [0, 0.1) is 0 Å². The van der Waals surface area contributed by atoms with E-state index in [2.05, 4.69) is 5.32 Å². The number of hydrogen-bond donors (Lipinski definition) is 1. The van der Waals surface area contributed by atoms with E-state index in [9.17, 15) is 9.59 Å². The largest absolute Gasteiger partial charge is 0.465 e. The van der Waals surface area contributed by atoms with Gasteiger partial charge < -0.3 is 14.8 Å². The third kappa shape index (κ3) is 9.45. The summed E-state index contributed by atoms with van der Waals surface area (Å²) in [7, 11) is 0. The van der Waals surface area contributed by atoms with E-state index in [0.717, 1.165) is 5.56 Å². The molecule has 24 heavy (non-hydrogen) atoms. The van der Waals surface area contributed by atoms with Crippen LogP contribution >= 0.6 is 11.8 Å². The van der Waals surface area contributed by atoms with E-state index >= 15 is 0 Å². The number of nitrogens with one attached hydrogen (secondary N) is 1. The maximum atomic E-state index is 12.0. The molecule has 0 unspecified atom stereocenters. The summed E-state index contributed by atoms with van der Waals surface area (Å²) in [6.45, 7) is 7.64. The molecule has 6 heteroatoms. The van der Waals surface area contributed by atoms with Crippen molar-refractivity contribution in [2.24, 2.45) is 0 Å². The van der Waals surface area contributed by atoms with Crippen LogP contribution in [-0.2, 0) is 20.7 Å². The van der Waals surface area contributed by atoms with E-state index in [-0.39, 0.29) is 17.8 Å². The van der Waals surface area contributed by atoms with Gasteiger partial charge in [0.05, 0.1) is 12.4 Å². The second-order valence-electron chi connectivity index (χ2n) is 6.35. The summed E-state index contributed by atoms with van der Waals surface area (Å²) in [5.74, 6) is 0.639. The van der Waals surface area contributed by atoms with Gasteiger partial charge in [-0.2, -0.15) is 0 Å². The van der Waals surface area contributed by atoms with E-state index < -0.39 is 11.7 Å². The van der Waals surface area contributed by atoms with Gasteiger partial charge in [0.2, 0.25) is 0 Å². The number of rotatable bonds is 8. The summed E-state index contributed by atoms with van der Waals surface area (Å²) < 4.78 is 10.2. The van der Waals surface area contributed by atoms with E-state index in [4.69, 9.17) is 9.47 Å². The molecule has 0 bridgehead atoms. The quantitative estimate of drug-likeness (QED) is 0.726. The van der Waals surface area contributed by atoms with Crippen LogP contribution < -0.4 is 5.32 Å². The number of esters is 1. The van der Waals surface area contributed by atoms with Gasteiger partial charge in [0.15, 0.2) is 0 Å². The summed E-state index contributed by atoms with van der Waals surface area (Å²) in [6.07, 6.45) is 0.232. The lowest BCUT2D eigenvalue weighted by Crippen LogP contribution is -2.41. The number of carbonyl (C=O) groups excluding carboxylic acids is 2. The lowest BCUT2D eigenvalue weighted by molar-refractivity contribution is -0.139. The van der Waals surface area contributed by atoms with Gasteiger partial charge in [-0.1, -0.05) is 30.3 Å². The molecule has 1 atom stereocenters. The molecule has 0 aliphatic rings. The smallest absolute Gasteiger partial charge is 0.407 e. The van der Waals surface area contributed by atoms with Crippen molar-refractivity contribution < 1.29 is 19.1 Å². The third-order valence-corrected chi connectivity index (χ3v) is 3.97. The number of thioether (sulfide) groups is 1. The van der Waals surface area contributed by atoms with Gasteiger partial charge in [-0.3, -0.25) is 4.79 Å². The highest BCUT2D eigenvalue weighted by Crippen LogP contribution is 2.12. The van der Waals surface area contributed by atoms with Crippen LogP contribution in [0.3, 0.4) is 0 Å². The maximum absolute atomic E-state index is 12.0. The lowest BCUT2D eigenvalue weighted by atomic mass is 10.1. The van der Waals surface area contributed by atoms with Gasteiger partial charge in [0, 0.05) is 11.8 Å². The summed E-state index contributed by atoms with van der Waals surface area (Å²) >= 11 is 1.44. The first kappa shape index (κ1) is 20.4. The van der Waals surface area contributed by atoms with Crippen LogP contribution in [0.25, 0.3) is 0 Å². The van der Waals surface area contributed by atoms with E-state index in [1.807, 2.05) is 51.1 Å². The van der Waals surface area contributed by atoms with Crippen molar-refractivity contribution in [3.63, 3.8) is 0 Å². The highest BCUT2D eigenvalue weighted by atomic mass is 32.2. The summed E-state index contributed by atoms with van der Waals surface area (Å²) in [4.78, 5) is 23.5. The molecular formula is C18H27NO4S. The van der Waals surface area contributed by atoms with Gasteiger partial charge >= 0.3 is 12.1 Å². The van der Waals surface area contributed by atoms with Gasteiger partial charge in [0.1, 0.15) is 5.60 Å². The number of carbonyl (C=O) groups is 2. The Morgan fingerprint density at radius 1 is 1.21 bits per heavy atom. The van der Waals surface area contributed by atoms with Crippen molar-refractivity contribution in [1.82, 2.24) is 5.32 Å². The standard InChI is InChI=1S/C18H27NO4S/c1-5-22-16(20)13-24-12-15(11-14-9-7-6-8-10-14)19-17(21)23-18(2,3)4/h6-10,15H,5,11-13H2,1-4H3,(H,19,21)/t15-/m0/s1. The molecule has 0 aliphatic carbocycles. The molecular weight excluding hydrogens is 326 g/mol. The zero-order valence-corrected chi connectivity index (χ0v) is 15.7. The molecule has 1 N–H and O–H groups in total. The van der Waals surface area contributed by atoms with Crippen molar-refractivity contribution in [3.8, 4) is 0 Å². The average Bonchev–Trinajstić information content (AvgIpc) is 2.46. The molecule has 0 radical (unpaired) electrons. The Balaban J connectivity index is 2.58. The van der Waals surface area contributed by atoms with E-state index in [1.54, 1.807) is 6.92 Å². The molecule has 5 nitrogen and oxygen atoms in total. The van der Waals surface area contributed by atoms with Crippen LogP contribution in [0.1, 0.15) is 33.3 Å². The second kappa shape index (κ2) is 10.2. The molecule has 0 fully saturated rings. The zero-order chi connectivity index (χ0) is 18.0. The lowest BCUT2D eigenvalue weighted by Gasteiger charge is -2.23. The molecule has 1 aromatic carbocycles. The van der Waals surface area contributed by atoms with Crippen molar-refractivity contribution in [1.29, 1.82) is 0 Å². The molecule has 0 saturated carbocycles. The highest BCUT2D eigenvalue weighted by Gasteiger charge is 2.20. The second-order valence-corrected chi connectivity index (χ2v) is 7.38. The Bertz CT molecular complexity index is 514. The zero-order valence-electron chi connectivity index (χ0n) is 14.8. The van der Waals surface area contributed by atoms with Crippen molar-refractivity contribution in [2.75, 3.05) is 18.1 Å². The number of hydrogen-bond acceptors (Lipinski definition) is 5. The molecule has 1 rings (SSSR count). The predicted molar refractivity (Wildman–Crippen MR) is 97.3 cm³/mol. The molecule has 0 heterocycles. The van der Waals surface area contributed by atoms with Gasteiger partial charge in [-0.05, 0) is 39.7 Å². The van der Waals surface area contributed by atoms with Crippen LogP contribution in [-0.4, -0.2) is 41.8 Å².